The van der Waals surface area contributed by atoms with Crippen molar-refractivity contribution in [1.82, 2.24) is 5.32 Å². The highest BCUT2D eigenvalue weighted by Crippen LogP contribution is 2.34. The van der Waals surface area contributed by atoms with Gasteiger partial charge in [0.25, 0.3) is 0 Å². The summed E-state index contributed by atoms with van der Waals surface area (Å²) >= 11 is 6.37. The Morgan fingerprint density at radius 3 is 2.65 bits per heavy atom. The van der Waals surface area contributed by atoms with Crippen LogP contribution in [0.4, 0.5) is 5.69 Å². The van der Waals surface area contributed by atoms with E-state index in [0.29, 0.717) is 11.6 Å². The molecule has 0 aromatic heterocycles. The van der Waals surface area contributed by atoms with E-state index < -0.39 is 0 Å². The van der Waals surface area contributed by atoms with Crippen molar-refractivity contribution in [2.75, 3.05) is 11.4 Å². The quantitative estimate of drug-likeness (QED) is 0.914. The minimum atomic E-state index is -0.161. The number of carbonyl (C=O) groups excluding carboxylic acids is 1. The zero-order valence-electron chi connectivity index (χ0n) is 12.8. The largest absolute Gasteiger partial charge is 0.355 e. The lowest BCUT2D eigenvalue weighted by molar-refractivity contribution is 0.0930. The molecule has 1 fully saturated rings. The summed E-state index contributed by atoms with van der Waals surface area (Å²) in [4.78, 5) is 15.4. The zero-order chi connectivity index (χ0) is 15.8. The van der Waals surface area contributed by atoms with Crippen molar-refractivity contribution < 1.29 is 4.79 Å². The predicted octanol–water partition coefficient (Wildman–Crippen LogP) is 3.66. The lowest BCUT2D eigenvalue weighted by atomic mass is 9.87. The Hall–Kier alpha value is -1.84. The number of Topliss-reactive ketones (excluding diaryl/α,β-unsaturated/α-hetero) is 1. The van der Waals surface area contributed by atoms with E-state index in [9.17, 15) is 4.79 Å². The molecule has 2 aliphatic rings. The van der Waals surface area contributed by atoms with Crippen molar-refractivity contribution in [2.45, 2.75) is 31.5 Å². The second-order valence-electron chi connectivity index (χ2n) is 6.24. The van der Waals surface area contributed by atoms with Gasteiger partial charge in [-0.05, 0) is 37.6 Å². The summed E-state index contributed by atoms with van der Waals surface area (Å²) < 4.78 is 0. The molecule has 0 radical (unpaired) electrons. The van der Waals surface area contributed by atoms with Crippen LogP contribution in [-0.4, -0.2) is 24.4 Å². The Balaban J connectivity index is 1.82. The van der Waals surface area contributed by atoms with Crippen LogP contribution in [0.2, 0.25) is 5.02 Å². The van der Waals surface area contributed by atoms with E-state index in [-0.39, 0.29) is 17.9 Å². The van der Waals surface area contributed by atoms with Crippen molar-refractivity contribution >= 4 is 23.1 Å². The third kappa shape index (κ3) is 2.54. The van der Waals surface area contributed by atoms with Gasteiger partial charge in [-0.25, -0.2) is 0 Å². The van der Waals surface area contributed by atoms with Gasteiger partial charge in [-0.15, -0.1) is 0 Å². The van der Waals surface area contributed by atoms with E-state index >= 15 is 0 Å². The van der Waals surface area contributed by atoms with Crippen LogP contribution in [0.1, 0.15) is 28.8 Å². The summed E-state index contributed by atoms with van der Waals surface area (Å²) in [6.07, 6.45) is 2.16. The molecule has 0 bridgehead atoms. The van der Waals surface area contributed by atoms with Crippen LogP contribution in [0.3, 0.4) is 0 Å². The minimum Gasteiger partial charge on any atom is -0.355 e. The molecular formula is C19H19ClN2O. The normalized spacial score (nSPS) is 23.9. The van der Waals surface area contributed by atoms with E-state index in [1.54, 1.807) is 0 Å². The first-order valence-corrected chi connectivity index (χ1v) is 8.50. The highest BCUT2D eigenvalue weighted by molar-refractivity contribution is 6.32. The smallest absolute Gasteiger partial charge is 0.187 e. The van der Waals surface area contributed by atoms with Gasteiger partial charge >= 0.3 is 0 Å². The molecule has 118 valence electrons. The van der Waals surface area contributed by atoms with Gasteiger partial charge in [0.2, 0.25) is 0 Å². The summed E-state index contributed by atoms with van der Waals surface area (Å²) in [5.41, 5.74) is 2.80. The fourth-order valence-electron chi connectivity index (χ4n) is 3.77. The number of anilines is 1. The summed E-state index contributed by atoms with van der Waals surface area (Å²) in [5, 5.41) is 4.18. The molecule has 2 aromatic rings. The van der Waals surface area contributed by atoms with Gasteiger partial charge in [-0.1, -0.05) is 41.9 Å². The molecular weight excluding hydrogens is 308 g/mol. The molecule has 23 heavy (non-hydrogen) atoms. The Morgan fingerprint density at radius 1 is 1.09 bits per heavy atom. The Kier molecular flexibility index (Phi) is 3.83. The number of fused-ring (bicyclic) bond motifs is 1. The molecule has 0 saturated carbocycles. The molecule has 4 rings (SSSR count). The van der Waals surface area contributed by atoms with Crippen LogP contribution in [0.5, 0.6) is 0 Å². The third-order valence-corrected chi connectivity index (χ3v) is 5.24. The van der Waals surface area contributed by atoms with Crippen LogP contribution in [0, 0.1) is 0 Å². The van der Waals surface area contributed by atoms with E-state index in [1.165, 1.54) is 0 Å². The number of carbonyl (C=O) groups is 1. The first-order chi connectivity index (χ1) is 11.3. The van der Waals surface area contributed by atoms with E-state index in [2.05, 4.69) is 22.3 Å². The van der Waals surface area contributed by atoms with Gasteiger partial charge in [-0.3, -0.25) is 4.79 Å². The van der Waals surface area contributed by atoms with Crippen LogP contribution < -0.4 is 10.2 Å². The molecule has 2 aromatic carbocycles. The number of halogens is 1. The lowest BCUT2D eigenvalue weighted by Crippen LogP contribution is -2.55. The maximum absolute atomic E-state index is 13.2. The van der Waals surface area contributed by atoms with E-state index in [4.69, 9.17) is 11.6 Å². The number of rotatable bonds is 2. The molecule has 2 atom stereocenters. The van der Waals surface area contributed by atoms with Gasteiger partial charge in [0.1, 0.15) is 6.04 Å². The van der Waals surface area contributed by atoms with Crippen LogP contribution >= 0.6 is 11.6 Å². The third-order valence-electron chi connectivity index (χ3n) is 4.88. The summed E-state index contributed by atoms with van der Waals surface area (Å²) in [7, 11) is 0. The topological polar surface area (TPSA) is 32.3 Å². The Bertz CT molecular complexity index is 725. The molecule has 0 spiro atoms. The maximum atomic E-state index is 13.2. The molecule has 2 heterocycles. The molecule has 0 amide bonds. The highest BCUT2D eigenvalue weighted by atomic mass is 35.5. The monoisotopic (exact) mass is 326 g/mol. The molecule has 0 aliphatic carbocycles. The van der Waals surface area contributed by atoms with Crippen LogP contribution in [-0.2, 0) is 6.54 Å². The number of nitrogens with zero attached hydrogens (tertiary/aromatic N) is 1. The molecule has 1 unspecified atom stereocenters. The number of ketones is 1. The van der Waals surface area contributed by atoms with Crippen molar-refractivity contribution in [3.05, 3.63) is 64.7 Å². The number of para-hydroxylation sites is 1. The molecule has 2 aliphatic heterocycles. The fraction of sp³-hybridized carbons (Fsp3) is 0.316. The lowest BCUT2D eigenvalue weighted by Gasteiger charge is -2.40. The Morgan fingerprint density at radius 2 is 1.91 bits per heavy atom. The number of nitrogens with one attached hydrogen (secondary N) is 1. The van der Waals surface area contributed by atoms with Gasteiger partial charge in [-0.2, -0.15) is 0 Å². The number of hydrogen-bond acceptors (Lipinski definition) is 3. The Labute approximate surface area is 141 Å². The van der Waals surface area contributed by atoms with Crippen molar-refractivity contribution in [3.63, 3.8) is 0 Å². The summed E-state index contributed by atoms with van der Waals surface area (Å²) in [6, 6.07) is 15.9. The molecule has 1 N–H and O–H groups in total. The first-order valence-electron chi connectivity index (χ1n) is 8.12. The van der Waals surface area contributed by atoms with Crippen molar-refractivity contribution in [2.24, 2.45) is 0 Å². The van der Waals surface area contributed by atoms with Gasteiger partial charge in [0.15, 0.2) is 5.78 Å². The average molecular weight is 327 g/mol. The second kappa shape index (κ2) is 5.99. The average Bonchev–Trinajstić information content (AvgIpc) is 3.10. The number of hydrogen-bond donors (Lipinski definition) is 1. The standard InChI is InChI=1S/C19H19ClN2O/c20-16-9-4-8-14-15(16)12-22(13-6-2-1-3-7-13)18(19(14)23)17-10-5-11-21-17/h1-4,6-9,17-18,21H,5,10-12H2/t17?,18-/m0/s1. The van der Waals surface area contributed by atoms with E-state index in [1.807, 2.05) is 36.4 Å². The van der Waals surface area contributed by atoms with Crippen LogP contribution in [0.15, 0.2) is 48.5 Å². The zero-order valence-corrected chi connectivity index (χ0v) is 13.6. The summed E-state index contributed by atoms with van der Waals surface area (Å²) in [5.74, 6) is 0.178. The number of benzene rings is 2. The second-order valence-corrected chi connectivity index (χ2v) is 6.65. The van der Waals surface area contributed by atoms with Crippen molar-refractivity contribution in [3.8, 4) is 0 Å². The van der Waals surface area contributed by atoms with Crippen LogP contribution in [0.25, 0.3) is 0 Å². The van der Waals surface area contributed by atoms with E-state index in [0.717, 1.165) is 36.2 Å². The van der Waals surface area contributed by atoms with Gasteiger partial charge in [0, 0.05) is 34.4 Å². The highest BCUT2D eigenvalue weighted by Gasteiger charge is 2.40. The molecule has 3 nitrogen and oxygen atoms in total. The molecule has 1 saturated heterocycles. The first kappa shape index (κ1) is 14.7. The fourth-order valence-corrected chi connectivity index (χ4v) is 4.01. The molecule has 4 heteroatoms. The SMILES string of the molecule is O=C1c2cccc(Cl)c2CN(c2ccccc2)[C@H]1C1CCCN1. The predicted molar refractivity (Wildman–Crippen MR) is 93.2 cm³/mol. The minimum absolute atomic E-state index is 0.161. The van der Waals surface area contributed by atoms with Gasteiger partial charge < -0.3 is 10.2 Å². The summed E-state index contributed by atoms with van der Waals surface area (Å²) in [6.45, 7) is 1.66. The van der Waals surface area contributed by atoms with Crippen molar-refractivity contribution in [1.29, 1.82) is 0 Å². The van der Waals surface area contributed by atoms with Gasteiger partial charge in [0.05, 0.1) is 0 Å². The maximum Gasteiger partial charge on any atom is 0.187 e.